The van der Waals surface area contributed by atoms with Crippen molar-refractivity contribution in [1.29, 1.82) is 0 Å². The van der Waals surface area contributed by atoms with Gasteiger partial charge in [-0.3, -0.25) is 4.68 Å². The molecule has 2 heterocycles. The quantitative estimate of drug-likeness (QED) is 0.646. The number of carbonyl (C=O) groups is 1. The summed E-state index contributed by atoms with van der Waals surface area (Å²) in [6.07, 6.45) is 1.45. The summed E-state index contributed by atoms with van der Waals surface area (Å²) in [6.45, 7) is 2.04. The normalized spacial score (nSPS) is 10.5. The molecule has 0 aromatic carbocycles. The van der Waals surface area contributed by atoms with Crippen molar-refractivity contribution in [3.63, 3.8) is 0 Å². The largest absolute Gasteiger partial charge is 0.462 e. The molecular formula is C12H11Cl2N3O2. The Morgan fingerprint density at radius 2 is 2.00 bits per heavy atom. The van der Waals surface area contributed by atoms with Gasteiger partial charge in [0, 0.05) is 12.6 Å². The molecule has 5 nitrogen and oxygen atoms in total. The lowest BCUT2D eigenvalue weighted by atomic mass is 10.1. The highest BCUT2D eigenvalue weighted by atomic mass is 35.5. The molecule has 0 aliphatic rings. The first-order valence-electron chi connectivity index (χ1n) is 5.55. The second kappa shape index (κ2) is 5.59. The first-order valence-corrected chi connectivity index (χ1v) is 6.31. The summed E-state index contributed by atoms with van der Waals surface area (Å²) in [5, 5.41) is 4.56. The summed E-state index contributed by atoms with van der Waals surface area (Å²) < 4.78 is 6.55. The second-order valence-corrected chi connectivity index (χ2v) is 4.53. The summed E-state index contributed by atoms with van der Waals surface area (Å²) in [5.74, 6) is -0.436. The molecule has 0 N–H and O–H groups in total. The third kappa shape index (κ3) is 2.88. The average molecular weight is 300 g/mol. The van der Waals surface area contributed by atoms with Gasteiger partial charge in [-0.05, 0) is 19.1 Å². The lowest BCUT2D eigenvalue weighted by Crippen LogP contribution is -2.06. The number of pyridine rings is 1. The van der Waals surface area contributed by atoms with Crippen LogP contribution in [0, 0.1) is 0 Å². The van der Waals surface area contributed by atoms with Crippen LogP contribution in [0.1, 0.15) is 17.3 Å². The van der Waals surface area contributed by atoms with Crippen molar-refractivity contribution >= 4 is 29.2 Å². The molecule has 0 unspecified atom stereocenters. The number of aryl methyl sites for hydroxylation is 1. The maximum atomic E-state index is 11.9. The Bertz CT molecular complexity index is 605. The molecule has 0 aliphatic heterocycles. The first-order chi connectivity index (χ1) is 9.02. The number of hydrogen-bond acceptors (Lipinski definition) is 4. The maximum absolute atomic E-state index is 11.9. The third-order valence-corrected chi connectivity index (χ3v) is 2.86. The molecule has 2 rings (SSSR count). The predicted molar refractivity (Wildman–Crippen MR) is 72.4 cm³/mol. The van der Waals surface area contributed by atoms with E-state index in [9.17, 15) is 4.79 Å². The summed E-state index contributed by atoms with van der Waals surface area (Å²) >= 11 is 11.7. The summed E-state index contributed by atoms with van der Waals surface area (Å²) in [6, 6.07) is 3.24. The minimum Gasteiger partial charge on any atom is -0.462 e. The fourth-order valence-electron chi connectivity index (χ4n) is 1.74. The molecular weight excluding hydrogens is 289 g/mol. The SMILES string of the molecule is CCOC(=O)c1cnn(C)c1-c1cc(Cl)nc(Cl)c1. The van der Waals surface area contributed by atoms with Gasteiger partial charge in [-0.15, -0.1) is 0 Å². The van der Waals surface area contributed by atoms with Gasteiger partial charge >= 0.3 is 5.97 Å². The molecule has 0 amide bonds. The van der Waals surface area contributed by atoms with Gasteiger partial charge in [0.05, 0.1) is 18.5 Å². The van der Waals surface area contributed by atoms with E-state index in [1.807, 2.05) is 0 Å². The lowest BCUT2D eigenvalue weighted by Gasteiger charge is -2.07. The van der Waals surface area contributed by atoms with Crippen molar-refractivity contribution in [3.8, 4) is 11.3 Å². The Balaban J connectivity index is 2.55. The standard InChI is InChI=1S/C12H11Cl2N3O2/c1-3-19-12(18)8-6-15-17(2)11(8)7-4-9(13)16-10(14)5-7/h4-6H,3H2,1-2H3. The molecule has 7 heteroatoms. The van der Waals surface area contributed by atoms with E-state index in [-0.39, 0.29) is 10.3 Å². The van der Waals surface area contributed by atoms with Crippen LogP contribution in [0.2, 0.25) is 10.3 Å². The number of carbonyl (C=O) groups excluding carboxylic acids is 1. The van der Waals surface area contributed by atoms with E-state index >= 15 is 0 Å². The Labute approximate surface area is 120 Å². The number of hydrogen-bond donors (Lipinski definition) is 0. The van der Waals surface area contributed by atoms with Crippen LogP contribution in [-0.2, 0) is 11.8 Å². The van der Waals surface area contributed by atoms with E-state index < -0.39 is 5.97 Å². The van der Waals surface area contributed by atoms with Crippen molar-refractivity contribution in [1.82, 2.24) is 14.8 Å². The van der Waals surface area contributed by atoms with E-state index in [1.54, 1.807) is 30.8 Å². The van der Waals surface area contributed by atoms with Gasteiger partial charge in [-0.1, -0.05) is 23.2 Å². The molecule has 2 aromatic rings. The fourth-order valence-corrected chi connectivity index (χ4v) is 2.20. The number of ether oxygens (including phenoxy) is 1. The first kappa shape index (κ1) is 13.8. The maximum Gasteiger partial charge on any atom is 0.341 e. The molecule has 100 valence electrons. The van der Waals surface area contributed by atoms with Gasteiger partial charge in [0.25, 0.3) is 0 Å². The molecule has 0 atom stereocenters. The Morgan fingerprint density at radius 3 is 2.58 bits per heavy atom. The van der Waals surface area contributed by atoms with E-state index in [4.69, 9.17) is 27.9 Å². The van der Waals surface area contributed by atoms with Gasteiger partial charge in [0.15, 0.2) is 0 Å². The highest BCUT2D eigenvalue weighted by molar-refractivity contribution is 6.32. The van der Waals surface area contributed by atoms with Crippen molar-refractivity contribution in [3.05, 3.63) is 34.2 Å². The third-order valence-electron chi connectivity index (χ3n) is 2.47. The number of nitrogens with zero attached hydrogens (tertiary/aromatic N) is 3. The molecule has 0 spiro atoms. The van der Waals surface area contributed by atoms with Crippen molar-refractivity contribution in [2.45, 2.75) is 6.92 Å². The summed E-state index contributed by atoms with van der Waals surface area (Å²) in [5.41, 5.74) is 1.61. The van der Waals surface area contributed by atoms with E-state index in [0.717, 1.165) is 0 Å². The van der Waals surface area contributed by atoms with Gasteiger partial charge in [0.1, 0.15) is 15.9 Å². The minimum atomic E-state index is -0.436. The Hall–Kier alpha value is -1.59. The monoisotopic (exact) mass is 299 g/mol. The van der Waals surface area contributed by atoms with E-state index in [2.05, 4.69) is 10.1 Å². The van der Waals surface area contributed by atoms with Gasteiger partial charge in [-0.2, -0.15) is 5.10 Å². The number of esters is 1. The smallest absolute Gasteiger partial charge is 0.341 e. The topological polar surface area (TPSA) is 57.0 Å². The van der Waals surface area contributed by atoms with Crippen LogP contribution in [-0.4, -0.2) is 27.3 Å². The summed E-state index contributed by atoms with van der Waals surface area (Å²) in [7, 11) is 1.72. The van der Waals surface area contributed by atoms with Crippen LogP contribution < -0.4 is 0 Å². The van der Waals surface area contributed by atoms with Crippen LogP contribution in [0.25, 0.3) is 11.3 Å². The van der Waals surface area contributed by atoms with Crippen LogP contribution in [0.15, 0.2) is 18.3 Å². The van der Waals surface area contributed by atoms with Crippen molar-refractivity contribution in [2.24, 2.45) is 7.05 Å². The Morgan fingerprint density at radius 1 is 1.37 bits per heavy atom. The van der Waals surface area contributed by atoms with Gasteiger partial charge in [0.2, 0.25) is 0 Å². The number of rotatable bonds is 3. The lowest BCUT2D eigenvalue weighted by molar-refractivity contribution is 0.0527. The predicted octanol–water partition coefficient (Wildman–Crippen LogP) is 2.97. The molecule has 2 aromatic heterocycles. The van der Waals surface area contributed by atoms with E-state index in [1.165, 1.54) is 6.20 Å². The van der Waals surface area contributed by atoms with Crippen LogP contribution in [0.3, 0.4) is 0 Å². The fraction of sp³-hybridized carbons (Fsp3) is 0.250. The zero-order chi connectivity index (χ0) is 14.0. The van der Waals surface area contributed by atoms with Gasteiger partial charge < -0.3 is 4.74 Å². The minimum absolute atomic E-state index is 0.249. The number of halogens is 2. The molecule has 0 saturated carbocycles. The van der Waals surface area contributed by atoms with Crippen LogP contribution in [0.5, 0.6) is 0 Å². The van der Waals surface area contributed by atoms with Crippen molar-refractivity contribution in [2.75, 3.05) is 6.61 Å². The van der Waals surface area contributed by atoms with Crippen LogP contribution >= 0.6 is 23.2 Å². The molecule has 0 saturated heterocycles. The molecule has 0 radical (unpaired) electrons. The molecule has 0 aliphatic carbocycles. The van der Waals surface area contributed by atoms with Crippen LogP contribution in [0.4, 0.5) is 0 Å². The zero-order valence-corrected chi connectivity index (χ0v) is 11.9. The van der Waals surface area contributed by atoms with Gasteiger partial charge in [-0.25, -0.2) is 9.78 Å². The Kier molecular flexibility index (Phi) is 4.07. The second-order valence-electron chi connectivity index (χ2n) is 3.75. The van der Waals surface area contributed by atoms with Crippen molar-refractivity contribution < 1.29 is 9.53 Å². The highest BCUT2D eigenvalue weighted by Gasteiger charge is 2.19. The molecule has 0 fully saturated rings. The summed E-state index contributed by atoms with van der Waals surface area (Å²) in [4.78, 5) is 15.7. The molecule has 19 heavy (non-hydrogen) atoms. The number of aromatic nitrogens is 3. The average Bonchev–Trinajstić information content (AvgIpc) is 2.70. The molecule has 0 bridgehead atoms. The zero-order valence-electron chi connectivity index (χ0n) is 10.4. The highest BCUT2D eigenvalue weighted by Crippen LogP contribution is 2.27. The van der Waals surface area contributed by atoms with E-state index in [0.29, 0.717) is 23.4 Å².